The van der Waals surface area contributed by atoms with Crippen molar-refractivity contribution in [1.82, 2.24) is 14.5 Å². The first kappa shape index (κ1) is 23.9. The number of rotatable bonds is 6. The summed E-state index contributed by atoms with van der Waals surface area (Å²) in [6.45, 7) is 1.13. The highest BCUT2D eigenvalue weighted by molar-refractivity contribution is 7.88. The van der Waals surface area contributed by atoms with Crippen LogP contribution in [0.25, 0.3) is 0 Å². The molecule has 11 nitrogen and oxygen atoms in total. The Morgan fingerprint density at radius 2 is 2.00 bits per heavy atom. The van der Waals surface area contributed by atoms with E-state index in [1.165, 1.54) is 27.8 Å². The fourth-order valence-corrected chi connectivity index (χ4v) is 3.91. The molecule has 176 valence electrons. The fourth-order valence-electron chi connectivity index (χ4n) is 3.41. The molecule has 2 aliphatic heterocycles. The normalized spacial score (nSPS) is 19.2. The van der Waals surface area contributed by atoms with Crippen LogP contribution in [0.3, 0.4) is 0 Å². The molecule has 1 atom stereocenters. The number of sulfonamides is 1. The smallest absolute Gasteiger partial charge is 0.416 e. The Kier molecular flexibility index (Phi) is 7.05. The summed E-state index contributed by atoms with van der Waals surface area (Å²) in [7, 11) is -1.98. The molecule has 1 unspecified atom stereocenters. The van der Waals surface area contributed by atoms with E-state index in [0.717, 1.165) is 6.26 Å². The number of anilines is 2. The van der Waals surface area contributed by atoms with Gasteiger partial charge in [-0.25, -0.2) is 22.3 Å². The number of benzene rings is 1. The van der Waals surface area contributed by atoms with Crippen LogP contribution in [0.5, 0.6) is 0 Å². The van der Waals surface area contributed by atoms with E-state index in [9.17, 15) is 27.5 Å². The van der Waals surface area contributed by atoms with Gasteiger partial charge in [-0.3, -0.25) is 14.6 Å². The number of aliphatic hydroxyl groups is 1. The summed E-state index contributed by atoms with van der Waals surface area (Å²) in [5.41, 5.74) is 0.629. The van der Waals surface area contributed by atoms with E-state index in [-0.39, 0.29) is 19.0 Å². The average molecular weight is 490 g/mol. The van der Waals surface area contributed by atoms with E-state index in [4.69, 9.17) is 4.74 Å². The summed E-state index contributed by atoms with van der Waals surface area (Å²) in [5.74, 6) is -0.886. The molecule has 2 N–H and O–H groups in total. The summed E-state index contributed by atoms with van der Waals surface area (Å²) in [4.78, 5) is 30.1. The monoisotopic (exact) mass is 489 g/mol. The Bertz CT molecular complexity index is 1020. The first-order valence-corrected chi connectivity index (χ1v) is 12.0. The fraction of sp³-hybridized carbons (Fsp3) is 0.500. The lowest BCUT2D eigenvalue weighted by Gasteiger charge is -2.36. The summed E-state index contributed by atoms with van der Waals surface area (Å²) in [6.07, 6.45) is -0.488. The minimum Gasteiger partial charge on any atom is -0.486 e. The minimum absolute atomic E-state index is 0.0666. The molecule has 2 amide bonds. The number of hydrogen-bond acceptors (Lipinski definition) is 7. The maximum atomic E-state index is 14.9. The number of ether oxygens (including phenoxy) is 1. The highest BCUT2D eigenvalue weighted by Gasteiger charge is 2.36. The van der Waals surface area contributed by atoms with Crippen LogP contribution in [-0.2, 0) is 19.6 Å². The van der Waals surface area contributed by atoms with Gasteiger partial charge in [-0.05, 0) is 30.4 Å². The predicted molar refractivity (Wildman–Crippen MR) is 119 cm³/mol. The van der Waals surface area contributed by atoms with Crippen LogP contribution in [0.4, 0.5) is 20.6 Å². The van der Waals surface area contributed by atoms with Gasteiger partial charge < -0.3 is 19.6 Å². The van der Waals surface area contributed by atoms with Gasteiger partial charge >= 0.3 is 6.09 Å². The highest BCUT2D eigenvalue weighted by atomic mass is 32.2. The van der Waals surface area contributed by atoms with Crippen molar-refractivity contribution in [3.63, 3.8) is 0 Å². The molecule has 2 aliphatic rings. The number of hydrogen-bond donors (Lipinski definition) is 2. The van der Waals surface area contributed by atoms with Crippen molar-refractivity contribution >= 4 is 50.8 Å². The van der Waals surface area contributed by atoms with Crippen molar-refractivity contribution in [1.29, 1.82) is 0 Å². The van der Waals surface area contributed by atoms with Gasteiger partial charge in [-0.1, -0.05) is 0 Å². The largest absolute Gasteiger partial charge is 0.486 e. The lowest BCUT2D eigenvalue weighted by molar-refractivity contribution is -0.130. The second kappa shape index (κ2) is 9.42. The van der Waals surface area contributed by atoms with E-state index in [1.54, 1.807) is 17.0 Å². The van der Waals surface area contributed by atoms with Crippen LogP contribution < -0.4 is 14.5 Å². The Morgan fingerprint density at radius 3 is 2.56 bits per heavy atom. The molecule has 1 aromatic carbocycles. The molecule has 0 radical (unpaired) electrons. The van der Waals surface area contributed by atoms with Crippen molar-refractivity contribution in [2.45, 2.75) is 6.23 Å². The lowest BCUT2D eigenvalue weighted by Crippen LogP contribution is -2.51. The summed E-state index contributed by atoms with van der Waals surface area (Å²) in [5, 5.41) is 8.97. The molecule has 32 heavy (non-hydrogen) atoms. The van der Waals surface area contributed by atoms with Gasteiger partial charge in [0.25, 0.3) is 5.17 Å². The molecule has 2 fully saturated rings. The zero-order valence-electron chi connectivity index (χ0n) is 17.5. The van der Waals surface area contributed by atoms with E-state index in [0.29, 0.717) is 37.6 Å². The van der Waals surface area contributed by atoms with Gasteiger partial charge in [0.05, 0.1) is 30.7 Å². The predicted octanol–water partition coefficient (Wildman–Crippen LogP) is 0.0809. The minimum atomic E-state index is -3.46. The van der Waals surface area contributed by atoms with Crippen LogP contribution in [0.2, 0.25) is 0 Å². The number of likely N-dealkylation sites (N-methyl/N-ethyl adjacent to an activating group) is 1. The summed E-state index contributed by atoms with van der Waals surface area (Å²) < 4.78 is 44.5. The second-order valence-electron chi connectivity index (χ2n) is 7.44. The first-order valence-electron chi connectivity index (χ1n) is 9.67. The SMILES string of the molecule is CN(C(O)=S)C1CN(c2ccc(N3CCN(C(=O)CNS(C)(=O)=O)CC3)c(F)c2)C(=O)O1. The van der Waals surface area contributed by atoms with Crippen LogP contribution in [0.1, 0.15) is 0 Å². The highest BCUT2D eigenvalue weighted by Crippen LogP contribution is 2.29. The molecule has 2 saturated heterocycles. The van der Waals surface area contributed by atoms with E-state index in [1.807, 2.05) is 0 Å². The molecule has 0 spiro atoms. The number of thiocarbonyl (C=S) groups is 1. The summed E-state index contributed by atoms with van der Waals surface area (Å²) >= 11 is 4.67. The molecule has 0 saturated carbocycles. The van der Waals surface area contributed by atoms with Crippen LogP contribution in [-0.4, -0.2) is 99.3 Å². The topological polar surface area (TPSA) is 123 Å². The van der Waals surface area contributed by atoms with Crippen molar-refractivity contribution in [3.05, 3.63) is 24.0 Å². The van der Waals surface area contributed by atoms with Crippen LogP contribution in [0.15, 0.2) is 18.2 Å². The quantitative estimate of drug-likeness (QED) is 0.535. The maximum absolute atomic E-state index is 14.9. The van der Waals surface area contributed by atoms with Gasteiger partial charge in [0.1, 0.15) is 5.82 Å². The van der Waals surface area contributed by atoms with Crippen molar-refractivity contribution in [3.8, 4) is 0 Å². The number of carbonyl (C=O) groups is 2. The van der Waals surface area contributed by atoms with Crippen LogP contribution >= 0.6 is 12.2 Å². The first-order chi connectivity index (χ1) is 15.0. The zero-order chi connectivity index (χ0) is 23.6. The van der Waals surface area contributed by atoms with Gasteiger partial charge in [-0.2, -0.15) is 0 Å². The van der Waals surface area contributed by atoms with Crippen molar-refractivity contribution < 1.29 is 32.2 Å². The Balaban J connectivity index is 1.61. The third-order valence-corrected chi connectivity index (χ3v) is 6.19. The van der Waals surface area contributed by atoms with Crippen molar-refractivity contribution in [2.24, 2.45) is 0 Å². The van der Waals surface area contributed by atoms with Crippen molar-refractivity contribution in [2.75, 3.05) is 62.4 Å². The molecule has 14 heteroatoms. The maximum Gasteiger partial charge on any atom is 0.416 e. The molecule has 0 aromatic heterocycles. The Morgan fingerprint density at radius 1 is 1.34 bits per heavy atom. The number of nitrogens with zero attached hydrogens (tertiary/aromatic N) is 4. The molecular weight excluding hydrogens is 465 g/mol. The van der Waals surface area contributed by atoms with Gasteiger partial charge in [0, 0.05) is 33.2 Å². The molecular formula is C18H24FN5O6S2. The number of amides is 2. The number of piperazine rings is 1. The average Bonchev–Trinajstić information content (AvgIpc) is 3.12. The third-order valence-electron chi connectivity index (χ3n) is 5.23. The number of carbonyl (C=O) groups excluding carboxylic acids is 2. The summed E-state index contributed by atoms with van der Waals surface area (Å²) in [6, 6.07) is 4.37. The molecule has 2 heterocycles. The standard InChI is InChI=1S/C18H24FN5O6S2/c1-21(18(27)31)16-11-24(17(26)30-16)12-3-4-14(13(19)9-12)22-5-7-23(8-6-22)15(25)10-20-32(2,28)29/h3-4,9,16,20H,5-8,10-11H2,1-2H3,(H,27,31). The molecule has 1 aromatic rings. The van der Waals surface area contributed by atoms with E-state index < -0.39 is 33.3 Å². The third kappa shape index (κ3) is 5.55. The van der Waals surface area contributed by atoms with Gasteiger partial charge in [0.15, 0.2) is 6.23 Å². The number of nitrogens with one attached hydrogen (secondary N) is 1. The number of halogens is 1. The lowest BCUT2D eigenvalue weighted by atomic mass is 10.2. The Labute approximate surface area is 190 Å². The van der Waals surface area contributed by atoms with Gasteiger partial charge in [0.2, 0.25) is 15.9 Å². The van der Waals surface area contributed by atoms with Gasteiger partial charge in [-0.15, -0.1) is 0 Å². The molecule has 0 aliphatic carbocycles. The second-order valence-corrected chi connectivity index (χ2v) is 9.64. The Hall–Kier alpha value is -2.71. The molecule has 0 bridgehead atoms. The number of cyclic esters (lactones) is 1. The zero-order valence-corrected chi connectivity index (χ0v) is 19.2. The van der Waals surface area contributed by atoms with E-state index in [2.05, 4.69) is 16.9 Å². The molecule has 3 rings (SSSR count). The van der Waals surface area contributed by atoms with E-state index >= 15 is 0 Å². The van der Waals surface area contributed by atoms with Crippen LogP contribution in [0, 0.1) is 5.82 Å². The number of aliphatic hydroxyl groups excluding tert-OH is 1.